The number of H-pyrrole nitrogens is 1. The molecule has 5 rings (SSSR count). The lowest BCUT2D eigenvalue weighted by molar-refractivity contribution is -0.114. The highest BCUT2D eigenvalue weighted by Gasteiger charge is 2.14. The minimum Gasteiger partial charge on any atom is -0.378 e. The number of hydrogen-bond acceptors (Lipinski definition) is 7. The van der Waals surface area contributed by atoms with Gasteiger partial charge in [-0.05, 0) is 42.0 Å². The molecule has 0 spiro atoms. The molecule has 0 aliphatic carbocycles. The number of anilines is 3. The van der Waals surface area contributed by atoms with Crippen LogP contribution in [-0.4, -0.2) is 52.3 Å². The van der Waals surface area contributed by atoms with Gasteiger partial charge in [0.2, 0.25) is 5.95 Å². The molecule has 166 valence electrons. The monoisotopic (exact) mass is 440 g/mol. The topological polar surface area (TPSA) is 96.0 Å². The second-order valence-electron chi connectivity index (χ2n) is 7.85. The molecule has 33 heavy (non-hydrogen) atoms. The van der Waals surface area contributed by atoms with Crippen molar-refractivity contribution in [2.75, 3.05) is 36.5 Å². The SMILES string of the molecule is C=CC(=O)Cc1cccc(-c2nc(Nc3ccc(N4CCOCC4)cc3)nc3[nH]ncc23)c1. The molecule has 0 radical (unpaired) electrons. The Hall–Kier alpha value is -4.04. The fraction of sp³-hybridized carbons (Fsp3) is 0.200. The van der Waals surface area contributed by atoms with Crippen molar-refractivity contribution >= 4 is 34.1 Å². The van der Waals surface area contributed by atoms with E-state index in [1.807, 2.05) is 36.4 Å². The number of benzene rings is 2. The van der Waals surface area contributed by atoms with Crippen LogP contribution < -0.4 is 10.2 Å². The standard InChI is InChI=1S/C25H24N6O2/c1-2-21(32)15-17-4-3-5-18(14-17)23-22-16-26-30-24(22)29-25(28-23)27-19-6-8-20(9-7-19)31-10-12-33-13-11-31/h2-9,14,16H,1,10-13,15H2,(H2,26,27,28,29,30). The Kier molecular flexibility index (Phi) is 5.82. The molecule has 0 unspecified atom stereocenters. The van der Waals surface area contributed by atoms with Gasteiger partial charge >= 0.3 is 0 Å². The fourth-order valence-corrected chi connectivity index (χ4v) is 3.92. The third kappa shape index (κ3) is 4.61. The van der Waals surface area contributed by atoms with E-state index in [0.29, 0.717) is 18.0 Å². The number of nitrogens with zero attached hydrogens (tertiary/aromatic N) is 4. The van der Waals surface area contributed by atoms with Crippen molar-refractivity contribution in [1.29, 1.82) is 0 Å². The van der Waals surface area contributed by atoms with Gasteiger partial charge in [-0.2, -0.15) is 10.1 Å². The lowest BCUT2D eigenvalue weighted by Gasteiger charge is -2.28. The first kappa shape index (κ1) is 20.8. The molecule has 0 amide bonds. The zero-order valence-corrected chi connectivity index (χ0v) is 18.1. The van der Waals surface area contributed by atoms with Crippen LogP contribution in [0.15, 0.2) is 67.4 Å². The highest BCUT2D eigenvalue weighted by molar-refractivity contribution is 5.93. The minimum atomic E-state index is -0.0221. The molecule has 0 saturated carbocycles. The van der Waals surface area contributed by atoms with Crippen LogP contribution in [0.3, 0.4) is 0 Å². The maximum absolute atomic E-state index is 11.8. The number of carbonyl (C=O) groups excluding carboxylic acids is 1. The summed E-state index contributed by atoms with van der Waals surface area (Å²) in [6, 6.07) is 16.0. The quantitative estimate of drug-likeness (QED) is 0.421. The van der Waals surface area contributed by atoms with Crippen molar-refractivity contribution in [2.24, 2.45) is 0 Å². The summed E-state index contributed by atoms with van der Waals surface area (Å²) in [4.78, 5) is 23.5. The van der Waals surface area contributed by atoms with E-state index in [0.717, 1.165) is 54.2 Å². The summed E-state index contributed by atoms with van der Waals surface area (Å²) in [5.74, 6) is 0.444. The molecule has 0 bridgehead atoms. The number of rotatable bonds is 7. The predicted molar refractivity (Wildman–Crippen MR) is 129 cm³/mol. The molecule has 2 N–H and O–H groups in total. The number of allylic oxidation sites excluding steroid dienone is 1. The first-order valence-electron chi connectivity index (χ1n) is 10.8. The molecule has 8 nitrogen and oxygen atoms in total. The number of ether oxygens (including phenoxy) is 1. The second-order valence-corrected chi connectivity index (χ2v) is 7.85. The Bertz CT molecular complexity index is 1290. The van der Waals surface area contributed by atoms with Gasteiger partial charge in [-0.15, -0.1) is 0 Å². The van der Waals surface area contributed by atoms with E-state index < -0.39 is 0 Å². The van der Waals surface area contributed by atoms with Gasteiger partial charge < -0.3 is 15.0 Å². The van der Waals surface area contributed by atoms with Crippen molar-refractivity contribution in [3.63, 3.8) is 0 Å². The van der Waals surface area contributed by atoms with Crippen molar-refractivity contribution in [1.82, 2.24) is 20.2 Å². The van der Waals surface area contributed by atoms with E-state index in [9.17, 15) is 4.79 Å². The first-order valence-corrected chi connectivity index (χ1v) is 10.8. The van der Waals surface area contributed by atoms with Crippen molar-refractivity contribution in [3.05, 3.63) is 72.9 Å². The van der Waals surface area contributed by atoms with Crippen LogP contribution in [-0.2, 0) is 16.0 Å². The van der Waals surface area contributed by atoms with E-state index in [2.05, 4.69) is 44.1 Å². The van der Waals surface area contributed by atoms with E-state index in [-0.39, 0.29) is 5.78 Å². The van der Waals surface area contributed by atoms with Gasteiger partial charge in [0.05, 0.1) is 30.5 Å². The lowest BCUT2D eigenvalue weighted by atomic mass is 10.0. The van der Waals surface area contributed by atoms with Gasteiger partial charge in [0, 0.05) is 36.4 Å². The summed E-state index contributed by atoms with van der Waals surface area (Å²) in [7, 11) is 0. The second kappa shape index (κ2) is 9.22. The zero-order chi connectivity index (χ0) is 22.6. The number of morpholine rings is 1. The van der Waals surface area contributed by atoms with Gasteiger partial charge in [-0.3, -0.25) is 9.89 Å². The Morgan fingerprint density at radius 2 is 1.97 bits per heavy atom. The number of nitrogens with one attached hydrogen (secondary N) is 2. The Morgan fingerprint density at radius 3 is 2.76 bits per heavy atom. The van der Waals surface area contributed by atoms with Gasteiger partial charge in [0.25, 0.3) is 0 Å². The molecule has 1 saturated heterocycles. The van der Waals surface area contributed by atoms with Crippen LogP contribution in [0.2, 0.25) is 0 Å². The molecule has 3 heterocycles. The summed E-state index contributed by atoms with van der Waals surface area (Å²) in [5.41, 5.74) is 5.24. The molecule has 2 aromatic carbocycles. The van der Waals surface area contributed by atoms with Crippen LogP contribution in [0.4, 0.5) is 17.3 Å². The Labute approximate surface area is 191 Å². The van der Waals surface area contributed by atoms with Gasteiger partial charge in [-0.25, -0.2) is 4.98 Å². The highest BCUT2D eigenvalue weighted by atomic mass is 16.5. The van der Waals surface area contributed by atoms with Crippen LogP contribution >= 0.6 is 0 Å². The molecular weight excluding hydrogens is 416 g/mol. The third-order valence-electron chi connectivity index (χ3n) is 5.62. The van der Waals surface area contributed by atoms with Crippen LogP contribution in [0.5, 0.6) is 0 Å². The van der Waals surface area contributed by atoms with E-state index in [1.54, 1.807) is 6.20 Å². The number of hydrogen-bond donors (Lipinski definition) is 2. The maximum atomic E-state index is 11.8. The maximum Gasteiger partial charge on any atom is 0.229 e. The van der Waals surface area contributed by atoms with Crippen molar-refractivity contribution in [2.45, 2.75) is 6.42 Å². The highest BCUT2D eigenvalue weighted by Crippen LogP contribution is 2.28. The summed E-state index contributed by atoms with van der Waals surface area (Å²) in [6.07, 6.45) is 3.36. The summed E-state index contributed by atoms with van der Waals surface area (Å²) < 4.78 is 5.43. The average Bonchev–Trinajstić information content (AvgIpc) is 3.33. The molecule has 1 fully saturated rings. The number of aromatic nitrogens is 4. The molecule has 0 atom stereocenters. The Balaban J connectivity index is 1.43. The van der Waals surface area contributed by atoms with Gasteiger partial charge in [0.1, 0.15) is 0 Å². The van der Waals surface area contributed by atoms with Crippen molar-refractivity contribution in [3.8, 4) is 11.3 Å². The summed E-state index contributed by atoms with van der Waals surface area (Å²) in [6.45, 7) is 6.86. The summed E-state index contributed by atoms with van der Waals surface area (Å²) in [5, 5.41) is 11.2. The summed E-state index contributed by atoms with van der Waals surface area (Å²) >= 11 is 0. The van der Waals surface area contributed by atoms with E-state index >= 15 is 0 Å². The number of aromatic amines is 1. The molecular formula is C25H24N6O2. The number of fused-ring (bicyclic) bond motifs is 1. The minimum absolute atomic E-state index is 0.0221. The first-order chi connectivity index (χ1) is 16.2. The number of ketones is 1. The van der Waals surface area contributed by atoms with E-state index in [4.69, 9.17) is 9.72 Å². The smallest absolute Gasteiger partial charge is 0.229 e. The third-order valence-corrected chi connectivity index (χ3v) is 5.62. The van der Waals surface area contributed by atoms with Crippen LogP contribution in [0, 0.1) is 0 Å². The van der Waals surface area contributed by atoms with Crippen LogP contribution in [0.1, 0.15) is 5.56 Å². The van der Waals surface area contributed by atoms with Gasteiger partial charge in [0.15, 0.2) is 11.4 Å². The number of carbonyl (C=O) groups is 1. The lowest BCUT2D eigenvalue weighted by Crippen LogP contribution is -2.36. The largest absolute Gasteiger partial charge is 0.378 e. The molecule has 2 aromatic heterocycles. The Morgan fingerprint density at radius 1 is 1.15 bits per heavy atom. The van der Waals surface area contributed by atoms with Crippen LogP contribution in [0.25, 0.3) is 22.3 Å². The molecule has 8 heteroatoms. The average molecular weight is 441 g/mol. The predicted octanol–water partition coefficient (Wildman–Crippen LogP) is 3.90. The fourth-order valence-electron chi connectivity index (χ4n) is 3.92. The zero-order valence-electron chi connectivity index (χ0n) is 18.1. The molecule has 4 aromatic rings. The molecule has 1 aliphatic heterocycles. The van der Waals surface area contributed by atoms with Gasteiger partial charge in [-0.1, -0.05) is 24.8 Å². The van der Waals surface area contributed by atoms with E-state index in [1.165, 1.54) is 11.8 Å². The van der Waals surface area contributed by atoms with Crippen molar-refractivity contribution < 1.29 is 9.53 Å². The molecule has 1 aliphatic rings. The normalized spacial score (nSPS) is 13.8.